The lowest BCUT2D eigenvalue weighted by molar-refractivity contribution is 0.0594. The predicted molar refractivity (Wildman–Crippen MR) is 57.0 cm³/mol. The number of hydrogen-bond donors (Lipinski definition) is 0. The van der Waals surface area contributed by atoms with E-state index in [0.717, 1.165) is 20.3 Å². The molecule has 15 heavy (non-hydrogen) atoms. The third-order valence-electron chi connectivity index (χ3n) is 1.73. The highest BCUT2D eigenvalue weighted by Gasteiger charge is 2.22. The summed E-state index contributed by atoms with van der Waals surface area (Å²) in [5.41, 5.74) is -0.347. The molecule has 0 aliphatic heterocycles. The molecule has 0 saturated carbocycles. The van der Waals surface area contributed by atoms with Gasteiger partial charge in [-0.25, -0.2) is 13.6 Å². The molecule has 6 heteroatoms. The second kappa shape index (κ2) is 4.73. The van der Waals surface area contributed by atoms with Crippen molar-refractivity contribution in [3.8, 4) is 5.75 Å². The van der Waals surface area contributed by atoms with Crippen LogP contribution >= 0.6 is 22.6 Å². The first kappa shape index (κ1) is 12.2. The van der Waals surface area contributed by atoms with Gasteiger partial charge in [-0.05, 0) is 28.7 Å². The Balaban J connectivity index is 3.43. The van der Waals surface area contributed by atoms with Crippen molar-refractivity contribution in [1.82, 2.24) is 0 Å². The first-order valence-corrected chi connectivity index (χ1v) is 4.90. The van der Waals surface area contributed by atoms with Gasteiger partial charge >= 0.3 is 5.97 Å². The molecule has 82 valence electrons. The van der Waals surface area contributed by atoms with E-state index in [1.54, 1.807) is 22.6 Å². The van der Waals surface area contributed by atoms with Gasteiger partial charge in [-0.3, -0.25) is 0 Å². The summed E-state index contributed by atoms with van der Waals surface area (Å²) in [5, 5.41) is 0. The Bertz CT molecular complexity index is 407. The highest BCUT2D eigenvalue weighted by Crippen LogP contribution is 2.28. The molecular formula is C9H7F2IO3. The van der Waals surface area contributed by atoms with Crippen LogP contribution in [-0.2, 0) is 4.74 Å². The molecule has 0 aliphatic rings. The molecule has 1 aromatic rings. The van der Waals surface area contributed by atoms with Gasteiger partial charge in [0.15, 0.2) is 17.4 Å². The number of rotatable bonds is 2. The lowest BCUT2D eigenvalue weighted by atomic mass is 10.2. The van der Waals surface area contributed by atoms with E-state index in [0.29, 0.717) is 0 Å². The molecule has 1 aromatic carbocycles. The van der Waals surface area contributed by atoms with Crippen LogP contribution in [0.4, 0.5) is 8.78 Å². The number of ether oxygens (including phenoxy) is 2. The maximum absolute atomic E-state index is 13.5. The normalized spacial score (nSPS) is 9.93. The van der Waals surface area contributed by atoms with Crippen LogP contribution in [0.25, 0.3) is 0 Å². The summed E-state index contributed by atoms with van der Waals surface area (Å²) in [6, 6.07) is 1.07. The number of halogens is 3. The first-order valence-electron chi connectivity index (χ1n) is 3.82. The third-order valence-corrected chi connectivity index (χ3v) is 2.51. The third kappa shape index (κ3) is 2.19. The summed E-state index contributed by atoms with van der Waals surface area (Å²) < 4.78 is 35.7. The molecule has 0 bridgehead atoms. The van der Waals surface area contributed by atoms with Gasteiger partial charge in [0.25, 0.3) is 0 Å². The van der Waals surface area contributed by atoms with Crippen LogP contribution in [0.3, 0.4) is 0 Å². The lowest BCUT2D eigenvalue weighted by Gasteiger charge is -2.08. The van der Waals surface area contributed by atoms with E-state index in [4.69, 9.17) is 0 Å². The smallest absolute Gasteiger partial charge is 0.341 e. The fraction of sp³-hybridized carbons (Fsp3) is 0.222. The van der Waals surface area contributed by atoms with E-state index in [-0.39, 0.29) is 9.13 Å². The van der Waals surface area contributed by atoms with Gasteiger partial charge in [-0.15, -0.1) is 0 Å². The van der Waals surface area contributed by atoms with Crippen molar-refractivity contribution in [1.29, 1.82) is 0 Å². The van der Waals surface area contributed by atoms with Crippen molar-refractivity contribution in [3.63, 3.8) is 0 Å². The average Bonchev–Trinajstić information content (AvgIpc) is 2.23. The van der Waals surface area contributed by atoms with E-state index in [1.807, 2.05) is 0 Å². The summed E-state index contributed by atoms with van der Waals surface area (Å²) in [7, 11) is 2.24. The summed E-state index contributed by atoms with van der Waals surface area (Å²) in [6.07, 6.45) is 0. The topological polar surface area (TPSA) is 35.5 Å². The fourth-order valence-corrected chi connectivity index (χ4v) is 1.57. The first-order chi connectivity index (χ1) is 7.02. The van der Waals surface area contributed by atoms with Gasteiger partial charge < -0.3 is 9.47 Å². The molecule has 0 aliphatic carbocycles. The Morgan fingerprint density at radius 1 is 1.33 bits per heavy atom. The van der Waals surface area contributed by atoms with E-state index in [9.17, 15) is 13.6 Å². The molecule has 0 aromatic heterocycles. The molecule has 0 atom stereocenters. The van der Waals surface area contributed by atoms with Crippen LogP contribution in [0.1, 0.15) is 10.4 Å². The molecule has 0 N–H and O–H groups in total. The summed E-state index contributed by atoms with van der Waals surface area (Å²) >= 11 is 1.64. The number of methoxy groups -OCH3 is 2. The standard InChI is InChI=1S/C9H7F2IO3/c1-14-8-6(10)4(9(13)15-2)3-5(12)7(8)11/h3H,1-2H3. The largest absolute Gasteiger partial charge is 0.491 e. The van der Waals surface area contributed by atoms with Crippen LogP contribution in [0.5, 0.6) is 5.75 Å². The minimum Gasteiger partial charge on any atom is -0.491 e. The number of carbonyl (C=O) groups excluding carboxylic acids is 1. The van der Waals surface area contributed by atoms with Crippen LogP contribution < -0.4 is 4.74 Å². The number of benzene rings is 1. The monoisotopic (exact) mass is 328 g/mol. The minimum absolute atomic E-state index is 0.0891. The van der Waals surface area contributed by atoms with Crippen molar-refractivity contribution in [2.75, 3.05) is 14.2 Å². The molecule has 0 unspecified atom stereocenters. The van der Waals surface area contributed by atoms with E-state index in [2.05, 4.69) is 9.47 Å². The molecular weight excluding hydrogens is 321 g/mol. The van der Waals surface area contributed by atoms with Crippen molar-refractivity contribution in [3.05, 3.63) is 26.8 Å². The zero-order chi connectivity index (χ0) is 11.6. The SMILES string of the molecule is COC(=O)c1cc(I)c(F)c(OC)c1F. The lowest BCUT2D eigenvalue weighted by Crippen LogP contribution is -2.08. The van der Waals surface area contributed by atoms with Gasteiger partial charge in [-0.1, -0.05) is 0 Å². The van der Waals surface area contributed by atoms with E-state index in [1.165, 1.54) is 0 Å². The maximum Gasteiger partial charge on any atom is 0.341 e. The van der Waals surface area contributed by atoms with E-state index >= 15 is 0 Å². The van der Waals surface area contributed by atoms with Gasteiger partial charge in [0, 0.05) is 0 Å². The zero-order valence-electron chi connectivity index (χ0n) is 7.94. The number of hydrogen-bond acceptors (Lipinski definition) is 3. The highest BCUT2D eigenvalue weighted by atomic mass is 127. The van der Waals surface area contributed by atoms with Crippen LogP contribution in [0, 0.1) is 15.2 Å². The Labute approximate surface area is 98.5 Å². The molecule has 0 spiro atoms. The maximum atomic E-state index is 13.5. The molecule has 3 nitrogen and oxygen atoms in total. The quantitative estimate of drug-likeness (QED) is 0.475. The molecule has 0 fully saturated rings. The van der Waals surface area contributed by atoms with Gasteiger partial charge in [0.1, 0.15) is 5.56 Å². The van der Waals surface area contributed by atoms with Crippen LogP contribution in [0.2, 0.25) is 0 Å². The van der Waals surface area contributed by atoms with Crippen LogP contribution in [-0.4, -0.2) is 20.2 Å². The molecule has 0 radical (unpaired) electrons. The van der Waals surface area contributed by atoms with Crippen molar-refractivity contribution >= 4 is 28.6 Å². The predicted octanol–water partition coefficient (Wildman–Crippen LogP) is 2.36. The Kier molecular flexibility index (Phi) is 3.83. The Hall–Kier alpha value is -0.920. The van der Waals surface area contributed by atoms with Crippen LogP contribution in [0.15, 0.2) is 6.07 Å². The second-order valence-corrected chi connectivity index (χ2v) is 3.72. The van der Waals surface area contributed by atoms with Crippen molar-refractivity contribution in [2.24, 2.45) is 0 Å². The van der Waals surface area contributed by atoms with Crippen molar-refractivity contribution in [2.45, 2.75) is 0 Å². The van der Waals surface area contributed by atoms with Gasteiger partial charge in [0.2, 0.25) is 0 Å². The molecule has 1 rings (SSSR count). The number of carbonyl (C=O) groups is 1. The summed E-state index contributed by atoms with van der Waals surface area (Å²) in [6.45, 7) is 0. The van der Waals surface area contributed by atoms with E-state index < -0.39 is 23.4 Å². The summed E-state index contributed by atoms with van der Waals surface area (Å²) in [4.78, 5) is 11.1. The van der Waals surface area contributed by atoms with Gasteiger partial charge in [0.05, 0.1) is 17.8 Å². The second-order valence-electron chi connectivity index (χ2n) is 2.56. The highest BCUT2D eigenvalue weighted by molar-refractivity contribution is 14.1. The molecule has 0 amide bonds. The Morgan fingerprint density at radius 3 is 2.40 bits per heavy atom. The number of esters is 1. The Morgan fingerprint density at radius 2 is 1.93 bits per heavy atom. The fourth-order valence-electron chi connectivity index (χ4n) is 1.02. The molecule has 0 saturated heterocycles. The summed E-state index contributed by atoms with van der Waals surface area (Å²) in [5.74, 6) is -3.34. The molecule has 0 heterocycles. The average molecular weight is 328 g/mol. The van der Waals surface area contributed by atoms with Gasteiger partial charge in [-0.2, -0.15) is 0 Å². The minimum atomic E-state index is -1.05. The zero-order valence-corrected chi connectivity index (χ0v) is 10.1. The van der Waals surface area contributed by atoms with Crippen molar-refractivity contribution < 1.29 is 23.0 Å².